The van der Waals surface area contributed by atoms with Gasteiger partial charge in [-0.15, -0.1) is 0 Å². The first-order valence-electron chi connectivity index (χ1n) is 8.32. The van der Waals surface area contributed by atoms with Crippen molar-refractivity contribution in [2.75, 3.05) is 46.8 Å². The van der Waals surface area contributed by atoms with Gasteiger partial charge < -0.3 is 18.9 Å². The van der Waals surface area contributed by atoms with Crippen molar-refractivity contribution in [1.82, 2.24) is 0 Å². The highest BCUT2D eigenvalue weighted by atomic mass is 16.5. The Bertz CT molecular complexity index is 426. The van der Waals surface area contributed by atoms with Crippen LogP contribution in [0.3, 0.4) is 0 Å². The molecule has 1 rings (SSSR count). The first kappa shape index (κ1) is 19.7. The van der Waals surface area contributed by atoms with Crippen molar-refractivity contribution in [3.63, 3.8) is 0 Å². The minimum Gasteiger partial charge on any atom is -0.497 e. The fourth-order valence-corrected chi connectivity index (χ4v) is 1.93. The van der Waals surface area contributed by atoms with Crippen LogP contribution in [0, 0.1) is 0 Å². The molecule has 4 nitrogen and oxygen atoms in total. The molecule has 0 aliphatic rings. The van der Waals surface area contributed by atoms with Gasteiger partial charge in [0.05, 0.1) is 40.1 Å². The van der Waals surface area contributed by atoms with E-state index in [1.807, 2.05) is 24.3 Å². The van der Waals surface area contributed by atoms with Gasteiger partial charge in [0.25, 0.3) is 0 Å². The van der Waals surface area contributed by atoms with Gasteiger partial charge in [0.1, 0.15) is 5.75 Å². The molecule has 0 heterocycles. The van der Waals surface area contributed by atoms with Crippen molar-refractivity contribution >= 4 is 5.57 Å². The highest BCUT2D eigenvalue weighted by Crippen LogP contribution is 2.17. The van der Waals surface area contributed by atoms with Crippen LogP contribution in [0.25, 0.3) is 5.57 Å². The second-order valence-corrected chi connectivity index (χ2v) is 5.27. The summed E-state index contributed by atoms with van der Waals surface area (Å²) in [6, 6.07) is 8.02. The number of rotatable bonds is 13. The summed E-state index contributed by atoms with van der Waals surface area (Å²) in [6.07, 6.45) is 4.36. The fraction of sp³-hybridized carbons (Fsp3) is 0.579. The number of hydrogen-bond acceptors (Lipinski definition) is 4. The molecule has 23 heavy (non-hydrogen) atoms. The third-order valence-corrected chi connectivity index (χ3v) is 3.44. The Morgan fingerprint density at radius 2 is 1.52 bits per heavy atom. The van der Waals surface area contributed by atoms with E-state index in [0.717, 1.165) is 25.2 Å². The van der Waals surface area contributed by atoms with Crippen LogP contribution in [0.15, 0.2) is 30.3 Å². The van der Waals surface area contributed by atoms with Crippen molar-refractivity contribution in [1.29, 1.82) is 0 Å². The Morgan fingerprint density at radius 3 is 2.13 bits per heavy atom. The van der Waals surface area contributed by atoms with E-state index < -0.39 is 0 Å². The second kappa shape index (κ2) is 13.1. The maximum Gasteiger partial charge on any atom is 0.118 e. The summed E-state index contributed by atoms with van der Waals surface area (Å²) in [7, 11) is 1.67. The molecular formula is C19H30O4. The van der Waals surface area contributed by atoms with E-state index in [4.69, 9.17) is 18.9 Å². The monoisotopic (exact) mass is 322 g/mol. The molecule has 0 radical (unpaired) electrons. The molecule has 0 aromatic heterocycles. The average molecular weight is 322 g/mol. The van der Waals surface area contributed by atoms with Crippen LogP contribution in [-0.4, -0.2) is 46.8 Å². The maximum absolute atomic E-state index is 5.55. The Hall–Kier alpha value is -1.36. The minimum atomic E-state index is 0.591. The van der Waals surface area contributed by atoms with Gasteiger partial charge in [-0.3, -0.25) is 0 Å². The molecule has 0 unspecified atom stereocenters. The summed E-state index contributed by atoms with van der Waals surface area (Å²) < 4.78 is 21.6. The molecule has 0 spiro atoms. The molecule has 0 atom stereocenters. The smallest absolute Gasteiger partial charge is 0.118 e. The zero-order valence-corrected chi connectivity index (χ0v) is 14.7. The zero-order chi connectivity index (χ0) is 16.8. The van der Waals surface area contributed by atoms with Crippen LogP contribution >= 0.6 is 0 Å². The summed E-state index contributed by atoms with van der Waals surface area (Å²) in [5, 5.41) is 0. The van der Waals surface area contributed by atoms with Crippen LogP contribution in [-0.2, 0) is 14.2 Å². The molecular weight excluding hydrogens is 292 g/mol. The fourth-order valence-electron chi connectivity index (χ4n) is 1.93. The molecule has 0 saturated carbocycles. The lowest BCUT2D eigenvalue weighted by Gasteiger charge is -2.06. The second-order valence-electron chi connectivity index (χ2n) is 5.27. The summed E-state index contributed by atoms with van der Waals surface area (Å²) in [5.41, 5.74) is 2.37. The summed E-state index contributed by atoms with van der Waals surface area (Å²) in [4.78, 5) is 0. The van der Waals surface area contributed by atoms with Gasteiger partial charge in [0, 0.05) is 6.61 Å². The summed E-state index contributed by atoms with van der Waals surface area (Å²) in [5.74, 6) is 0.869. The van der Waals surface area contributed by atoms with Crippen molar-refractivity contribution < 1.29 is 18.9 Å². The van der Waals surface area contributed by atoms with E-state index in [1.54, 1.807) is 7.11 Å². The van der Waals surface area contributed by atoms with E-state index in [0.29, 0.717) is 33.0 Å². The number of allylic oxidation sites excluding steroid dienone is 1. The van der Waals surface area contributed by atoms with Gasteiger partial charge in [-0.25, -0.2) is 0 Å². The van der Waals surface area contributed by atoms with Crippen LogP contribution < -0.4 is 4.74 Å². The lowest BCUT2D eigenvalue weighted by atomic mass is 10.1. The quantitative estimate of drug-likeness (QED) is 0.515. The molecule has 1 aromatic carbocycles. The zero-order valence-electron chi connectivity index (χ0n) is 14.7. The number of benzene rings is 1. The Morgan fingerprint density at radius 1 is 0.913 bits per heavy atom. The third kappa shape index (κ3) is 9.39. The number of hydrogen-bond donors (Lipinski definition) is 0. The third-order valence-electron chi connectivity index (χ3n) is 3.44. The van der Waals surface area contributed by atoms with Crippen molar-refractivity contribution in [2.24, 2.45) is 0 Å². The van der Waals surface area contributed by atoms with E-state index in [2.05, 4.69) is 19.9 Å². The highest BCUT2D eigenvalue weighted by molar-refractivity contribution is 5.64. The number of ether oxygens (including phenoxy) is 4. The largest absolute Gasteiger partial charge is 0.497 e. The summed E-state index contributed by atoms with van der Waals surface area (Å²) >= 11 is 0. The minimum absolute atomic E-state index is 0.591. The van der Waals surface area contributed by atoms with Gasteiger partial charge >= 0.3 is 0 Å². The van der Waals surface area contributed by atoms with Gasteiger partial charge in [-0.2, -0.15) is 0 Å². The molecule has 0 N–H and O–H groups in total. The molecule has 0 fully saturated rings. The topological polar surface area (TPSA) is 36.9 Å². The van der Waals surface area contributed by atoms with Crippen LogP contribution in [0.5, 0.6) is 5.75 Å². The SMILES string of the molecule is CCCCOCCOCCOC/C=C(\C)c1ccc(OC)cc1. The van der Waals surface area contributed by atoms with Crippen molar-refractivity contribution in [3.05, 3.63) is 35.9 Å². The number of methoxy groups -OCH3 is 1. The predicted molar refractivity (Wildman–Crippen MR) is 94.0 cm³/mol. The standard InChI is InChI=1S/C19H30O4/c1-4-5-11-21-13-15-23-16-14-22-12-10-17(2)18-6-8-19(20-3)9-7-18/h6-10H,4-5,11-16H2,1-3H3/b17-10+. The Balaban J connectivity index is 2.04. The normalized spacial score (nSPS) is 11.7. The lowest BCUT2D eigenvalue weighted by Crippen LogP contribution is -2.09. The first-order chi connectivity index (χ1) is 11.3. The van der Waals surface area contributed by atoms with E-state index >= 15 is 0 Å². The van der Waals surface area contributed by atoms with Crippen LogP contribution in [0.4, 0.5) is 0 Å². The average Bonchev–Trinajstić information content (AvgIpc) is 2.59. The molecule has 4 heteroatoms. The van der Waals surface area contributed by atoms with E-state index in [9.17, 15) is 0 Å². The molecule has 0 aliphatic carbocycles. The van der Waals surface area contributed by atoms with Gasteiger partial charge in [0.15, 0.2) is 0 Å². The first-order valence-corrected chi connectivity index (χ1v) is 8.32. The Labute approximate surface area is 140 Å². The lowest BCUT2D eigenvalue weighted by molar-refractivity contribution is 0.0190. The van der Waals surface area contributed by atoms with Gasteiger partial charge in [0.2, 0.25) is 0 Å². The maximum atomic E-state index is 5.55. The summed E-state index contributed by atoms with van der Waals surface area (Å²) in [6.45, 7) is 8.15. The molecule has 0 bridgehead atoms. The van der Waals surface area contributed by atoms with Crippen molar-refractivity contribution in [3.8, 4) is 5.75 Å². The van der Waals surface area contributed by atoms with Gasteiger partial charge in [-0.05, 0) is 36.6 Å². The molecule has 130 valence electrons. The number of unbranched alkanes of at least 4 members (excludes halogenated alkanes) is 1. The molecule has 0 saturated heterocycles. The predicted octanol–water partition coefficient (Wildman–Crippen LogP) is 3.95. The molecule has 0 amide bonds. The van der Waals surface area contributed by atoms with Gasteiger partial charge in [-0.1, -0.05) is 31.6 Å². The van der Waals surface area contributed by atoms with E-state index in [1.165, 1.54) is 11.1 Å². The molecule has 1 aromatic rings. The molecule has 0 aliphatic heterocycles. The highest BCUT2D eigenvalue weighted by Gasteiger charge is 1.97. The van der Waals surface area contributed by atoms with Crippen LogP contribution in [0.2, 0.25) is 0 Å². The Kier molecular flexibility index (Phi) is 11.2. The van der Waals surface area contributed by atoms with Crippen molar-refractivity contribution in [2.45, 2.75) is 26.7 Å². The van der Waals surface area contributed by atoms with Crippen LogP contribution in [0.1, 0.15) is 32.3 Å². The van der Waals surface area contributed by atoms with E-state index in [-0.39, 0.29) is 0 Å².